The van der Waals surface area contributed by atoms with E-state index in [-0.39, 0.29) is 18.2 Å². The van der Waals surface area contributed by atoms with Crippen LogP contribution in [0.1, 0.15) is 25.7 Å². The molecule has 106 valence electrons. The predicted molar refractivity (Wildman–Crippen MR) is 68.2 cm³/mol. The predicted octanol–water partition coefficient (Wildman–Crippen LogP) is 0.0992. The number of sulfone groups is 1. The Morgan fingerprint density at radius 1 is 1.21 bits per heavy atom. The number of carbonyl (C=O) groups excluding carboxylic acids is 1. The zero-order valence-electron chi connectivity index (χ0n) is 10.4. The van der Waals surface area contributed by atoms with Crippen LogP contribution in [0.2, 0.25) is 0 Å². The van der Waals surface area contributed by atoms with E-state index in [4.69, 9.17) is 5.11 Å². The van der Waals surface area contributed by atoms with Crippen molar-refractivity contribution < 1.29 is 23.1 Å². The number of hydrogen-bond donors (Lipinski definition) is 2. The summed E-state index contributed by atoms with van der Waals surface area (Å²) in [5, 5.41) is 10.5. The van der Waals surface area contributed by atoms with Crippen molar-refractivity contribution in [2.24, 2.45) is 5.92 Å². The maximum atomic E-state index is 12.0. The van der Waals surface area contributed by atoms with Crippen LogP contribution in [-0.4, -0.2) is 42.4 Å². The number of carbonyl (C=O) groups is 2. The zero-order valence-corrected chi connectivity index (χ0v) is 11.2. The van der Waals surface area contributed by atoms with Crippen molar-refractivity contribution in [3.63, 3.8) is 0 Å². The van der Waals surface area contributed by atoms with Crippen LogP contribution >= 0.6 is 0 Å². The highest BCUT2D eigenvalue weighted by molar-refractivity contribution is 7.92. The molecule has 1 aliphatic carbocycles. The average molecular weight is 287 g/mol. The van der Waals surface area contributed by atoms with Crippen LogP contribution in [0.4, 0.5) is 0 Å². The van der Waals surface area contributed by atoms with E-state index in [1.807, 2.05) is 0 Å². The van der Waals surface area contributed by atoms with Gasteiger partial charge in [0.25, 0.3) is 0 Å². The molecule has 1 aliphatic heterocycles. The molecule has 2 aliphatic rings. The van der Waals surface area contributed by atoms with E-state index in [1.54, 1.807) is 6.08 Å². The van der Waals surface area contributed by atoms with Crippen molar-refractivity contribution in [2.45, 2.75) is 37.0 Å². The Labute approximate surface area is 111 Å². The Morgan fingerprint density at radius 2 is 1.95 bits per heavy atom. The number of hydrogen-bond acceptors (Lipinski definition) is 4. The highest BCUT2D eigenvalue weighted by Crippen LogP contribution is 2.22. The number of amides is 1. The SMILES string of the molecule is O=C(O)C1C=CC(NC(=O)C2CCCCS2(=O)=O)C1. The maximum absolute atomic E-state index is 12.0. The number of carboxylic acids is 1. The number of carboxylic acid groups (broad SMARTS) is 1. The van der Waals surface area contributed by atoms with Gasteiger partial charge in [0.15, 0.2) is 9.84 Å². The van der Waals surface area contributed by atoms with Crippen LogP contribution in [-0.2, 0) is 19.4 Å². The van der Waals surface area contributed by atoms with E-state index in [9.17, 15) is 18.0 Å². The van der Waals surface area contributed by atoms with E-state index in [0.717, 1.165) is 6.42 Å². The molecule has 3 atom stereocenters. The minimum Gasteiger partial charge on any atom is -0.481 e. The summed E-state index contributed by atoms with van der Waals surface area (Å²) in [7, 11) is -3.35. The molecule has 6 nitrogen and oxygen atoms in total. The molecule has 19 heavy (non-hydrogen) atoms. The van der Waals surface area contributed by atoms with Gasteiger partial charge in [0, 0.05) is 6.04 Å². The minimum absolute atomic E-state index is 0.0589. The molecule has 0 saturated carbocycles. The molecule has 0 radical (unpaired) electrons. The molecule has 1 amide bonds. The summed E-state index contributed by atoms with van der Waals surface area (Å²) in [6.45, 7) is 0. The lowest BCUT2D eigenvalue weighted by Crippen LogP contribution is -2.46. The number of rotatable bonds is 3. The van der Waals surface area contributed by atoms with Crippen LogP contribution in [0.25, 0.3) is 0 Å². The van der Waals surface area contributed by atoms with E-state index in [1.165, 1.54) is 6.08 Å². The molecule has 7 heteroatoms. The quantitative estimate of drug-likeness (QED) is 0.717. The van der Waals surface area contributed by atoms with E-state index >= 15 is 0 Å². The van der Waals surface area contributed by atoms with E-state index in [0.29, 0.717) is 12.8 Å². The Kier molecular flexibility index (Phi) is 3.93. The van der Waals surface area contributed by atoms with Crippen molar-refractivity contribution in [1.29, 1.82) is 0 Å². The molecular formula is C12H17NO5S. The molecule has 1 fully saturated rings. The number of nitrogens with one attached hydrogen (secondary N) is 1. The second kappa shape index (κ2) is 5.32. The summed E-state index contributed by atoms with van der Waals surface area (Å²) >= 11 is 0. The second-order valence-corrected chi connectivity index (χ2v) is 7.33. The monoisotopic (exact) mass is 287 g/mol. The van der Waals surface area contributed by atoms with Gasteiger partial charge < -0.3 is 10.4 Å². The van der Waals surface area contributed by atoms with Gasteiger partial charge in [-0.15, -0.1) is 0 Å². The maximum Gasteiger partial charge on any atom is 0.310 e. The minimum atomic E-state index is -3.35. The van der Waals surface area contributed by atoms with Crippen molar-refractivity contribution in [2.75, 3.05) is 5.75 Å². The van der Waals surface area contributed by atoms with Crippen LogP contribution in [0.5, 0.6) is 0 Å². The van der Waals surface area contributed by atoms with Gasteiger partial charge in [-0.2, -0.15) is 0 Å². The van der Waals surface area contributed by atoms with Crippen molar-refractivity contribution in [3.8, 4) is 0 Å². The standard InChI is InChI=1S/C12H17NO5S/c14-11(10-3-1-2-6-19(10,17)18)13-9-5-4-8(7-9)12(15)16/h4-5,8-10H,1-3,6-7H2,(H,13,14)(H,15,16). The number of aliphatic carboxylic acids is 1. The third-order valence-electron chi connectivity index (χ3n) is 3.60. The van der Waals surface area contributed by atoms with Gasteiger partial charge in [0.05, 0.1) is 11.7 Å². The van der Waals surface area contributed by atoms with Crippen LogP contribution in [0, 0.1) is 5.92 Å². The van der Waals surface area contributed by atoms with Gasteiger partial charge in [0.2, 0.25) is 5.91 Å². The Balaban J connectivity index is 1.95. The van der Waals surface area contributed by atoms with Gasteiger partial charge in [-0.05, 0) is 19.3 Å². The summed E-state index contributed by atoms with van der Waals surface area (Å²) < 4.78 is 23.6. The molecule has 0 aromatic heterocycles. The smallest absolute Gasteiger partial charge is 0.310 e. The molecule has 0 spiro atoms. The van der Waals surface area contributed by atoms with Crippen molar-refractivity contribution in [1.82, 2.24) is 5.32 Å². The lowest BCUT2D eigenvalue weighted by Gasteiger charge is -2.23. The summed E-state index contributed by atoms with van der Waals surface area (Å²) in [6.07, 6.45) is 5.13. The zero-order chi connectivity index (χ0) is 14.0. The molecule has 0 aromatic carbocycles. The third-order valence-corrected chi connectivity index (χ3v) is 5.77. The van der Waals surface area contributed by atoms with Gasteiger partial charge in [-0.25, -0.2) is 8.42 Å². The van der Waals surface area contributed by atoms with Crippen molar-refractivity contribution >= 4 is 21.7 Å². The van der Waals surface area contributed by atoms with Crippen molar-refractivity contribution in [3.05, 3.63) is 12.2 Å². The van der Waals surface area contributed by atoms with Crippen LogP contribution in [0.15, 0.2) is 12.2 Å². The fourth-order valence-corrected chi connectivity index (χ4v) is 4.32. The van der Waals surface area contributed by atoms with Gasteiger partial charge in [-0.3, -0.25) is 9.59 Å². The first-order chi connectivity index (χ1) is 8.90. The second-order valence-electron chi connectivity index (χ2n) is 5.03. The normalized spacial score (nSPS) is 32.9. The lowest BCUT2D eigenvalue weighted by molar-refractivity contribution is -0.140. The topological polar surface area (TPSA) is 101 Å². The van der Waals surface area contributed by atoms with Gasteiger partial charge >= 0.3 is 5.97 Å². The van der Waals surface area contributed by atoms with E-state index in [2.05, 4.69) is 5.32 Å². The summed E-state index contributed by atoms with van der Waals surface area (Å²) in [4.78, 5) is 22.8. The largest absolute Gasteiger partial charge is 0.481 e. The Morgan fingerprint density at radius 3 is 2.53 bits per heavy atom. The average Bonchev–Trinajstić information content (AvgIpc) is 2.76. The Hall–Kier alpha value is -1.37. The molecule has 1 heterocycles. The lowest BCUT2D eigenvalue weighted by atomic mass is 10.1. The van der Waals surface area contributed by atoms with Crippen LogP contribution in [0.3, 0.4) is 0 Å². The molecule has 0 bridgehead atoms. The van der Waals surface area contributed by atoms with Gasteiger partial charge in [-0.1, -0.05) is 18.6 Å². The third kappa shape index (κ3) is 3.15. The van der Waals surface area contributed by atoms with E-state index < -0.39 is 32.9 Å². The van der Waals surface area contributed by atoms with Gasteiger partial charge in [0.1, 0.15) is 5.25 Å². The molecule has 1 saturated heterocycles. The first-order valence-electron chi connectivity index (χ1n) is 6.33. The Bertz CT molecular complexity index is 510. The fraction of sp³-hybridized carbons (Fsp3) is 0.667. The summed E-state index contributed by atoms with van der Waals surface area (Å²) in [5.41, 5.74) is 0. The summed E-state index contributed by atoms with van der Waals surface area (Å²) in [5.74, 6) is -1.98. The molecule has 3 unspecified atom stereocenters. The first-order valence-corrected chi connectivity index (χ1v) is 8.05. The van der Waals surface area contributed by atoms with Crippen LogP contribution < -0.4 is 5.32 Å². The molecule has 2 N–H and O–H groups in total. The molecular weight excluding hydrogens is 270 g/mol. The highest BCUT2D eigenvalue weighted by Gasteiger charge is 2.36. The fourth-order valence-electron chi connectivity index (χ4n) is 2.51. The molecule has 2 rings (SSSR count). The highest BCUT2D eigenvalue weighted by atomic mass is 32.2. The summed E-state index contributed by atoms with van der Waals surface area (Å²) in [6, 6.07) is -0.384. The molecule has 0 aromatic rings. The first kappa shape index (κ1) is 14.0.